The fourth-order valence-corrected chi connectivity index (χ4v) is 2.06. The number of nitrogens with zero attached hydrogens (tertiary/aromatic N) is 1. The Morgan fingerprint density at radius 2 is 2.00 bits per heavy atom. The highest BCUT2D eigenvalue weighted by atomic mass is 79.9. The second-order valence-electron chi connectivity index (χ2n) is 3.75. The van der Waals surface area contributed by atoms with E-state index in [1.54, 1.807) is 37.4 Å². The van der Waals surface area contributed by atoms with Crippen molar-refractivity contribution in [3.63, 3.8) is 0 Å². The third-order valence-electron chi connectivity index (χ3n) is 2.54. The molecule has 0 saturated heterocycles. The number of ether oxygens (including phenoxy) is 3. The van der Waals surface area contributed by atoms with Gasteiger partial charge in [-0.2, -0.15) is 0 Å². The minimum atomic E-state index is -0.531. The standard InChI is InChI=1S/C14H12BrNO4/c1-18-9-5-6-10(11(15)8-9)14(17)20-13-12(19-2)4-3-7-16-13/h3-8H,1-2H3. The van der Waals surface area contributed by atoms with Crippen molar-refractivity contribution >= 4 is 21.9 Å². The van der Waals surface area contributed by atoms with Crippen molar-refractivity contribution in [3.05, 3.63) is 46.6 Å². The quantitative estimate of drug-likeness (QED) is 0.802. The Balaban J connectivity index is 2.24. The molecule has 0 aliphatic heterocycles. The highest BCUT2D eigenvalue weighted by Crippen LogP contribution is 2.27. The van der Waals surface area contributed by atoms with E-state index >= 15 is 0 Å². The molecule has 0 N–H and O–H groups in total. The Hall–Kier alpha value is -2.08. The van der Waals surface area contributed by atoms with Gasteiger partial charge in [0.05, 0.1) is 19.8 Å². The van der Waals surface area contributed by atoms with Crippen molar-refractivity contribution in [1.29, 1.82) is 0 Å². The molecule has 0 radical (unpaired) electrons. The summed E-state index contributed by atoms with van der Waals surface area (Å²) in [6.45, 7) is 0. The second kappa shape index (κ2) is 6.38. The molecular formula is C14H12BrNO4. The molecule has 6 heteroatoms. The second-order valence-corrected chi connectivity index (χ2v) is 4.60. The lowest BCUT2D eigenvalue weighted by Crippen LogP contribution is -2.11. The van der Waals surface area contributed by atoms with E-state index < -0.39 is 5.97 Å². The minimum absolute atomic E-state index is 0.128. The van der Waals surface area contributed by atoms with E-state index in [4.69, 9.17) is 14.2 Å². The number of carbonyl (C=O) groups is 1. The lowest BCUT2D eigenvalue weighted by atomic mass is 10.2. The summed E-state index contributed by atoms with van der Waals surface area (Å²) in [5, 5.41) is 0. The fourth-order valence-electron chi connectivity index (χ4n) is 1.54. The van der Waals surface area contributed by atoms with Gasteiger partial charge in [-0.05, 0) is 46.3 Å². The van der Waals surface area contributed by atoms with Crippen LogP contribution in [0.15, 0.2) is 41.0 Å². The van der Waals surface area contributed by atoms with Crippen LogP contribution in [0.25, 0.3) is 0 Å². The van der Waals surface area contributed by atoms with E-state index in [0.717, 1.165) is 0 Å². The molecule has 0 atom stereocenters. The van der Waals surface area contributed by atoms with Crippen LogP contribution in [-0.2, 0) is 0 Å². The van der Waals surface area contributed by atoms with Gasteiger partial charge in [-0.25, -0.2) is 9.78 Å². The molecule has 2 rings (SSSR count). The third kappa shape index (κ3) is 3.08. The summed E-state index contributed by atoms with van der Waals surface area (Å²) in [6.07, 6.45) is 1.52. The Kier molecular flexibility index (Phi) is 4.57. The van der Waals surface area contributed by atoms with Gasteiger partial charge in [0.15, 0.2) is 5.75 Å². The highest BCUT2D eigenvalue weighted by molar-refractivity contribution is 9.10. The number of rotatable bonds is 4. The fraction of sp³-hybridized carbons (Fsp3) is 0.143. The van der Waals surface area contributed by atoms with Gasteiger partial charge in [0.2, 0.25) is 0 Å². The van der Waals surface area contributed by atoms with Crippen LogP contribution in [0.1, 0.15) is 10.4 Å². The zero-order valence-corrected chi connectivity index (χ0v) is 12.5. The van der Waals surface area contributed by atoms with E-state index in [0.29, 0.717) is 21.5 Å². The maximum Gasteiger partial charge on any atom is 0.346 e. The summed E-state index contributed by atoms with van der Waals surface area (Å²) >= 11 is 3.30. The van der Waals surface area contributed by atoms with Crippen LogP contribution in [-0.4, -0.2) is 25.2 Å². The number of hydrogen-bond donors (Lipinski definition) is 0. The van der Waals surface area contributed by atoms with E-state index in [9.17, 15) is 4.79 Å². The molecule has 1 aromatic heterocycles. The molecule has 104 valence electrons. The summed E-state index contributed by atoms with van der Waals surface area (Å²) in [4.78, 5) is 16.1. The van der Waals surface area contributed by atoms with Crippen LogP contribution in [0.2, 0.25) is 0 Å². The van der Waals surface area contributed by atoms with Crippen LogP contribution in [0.4, 0.5) is 0 Å². The average molecular weight is 338 g/mol. The predicted molar refractivity (Wildman–Crippen MR) is 76.4 cm³/mol. The molecule has 2 aromatic rings. The maximum atomic E-state index is 12.1. The average Bonchev–Trinajstić information content (AvgIpc) is 2.47. The van der Waals surface area contributed by atoms with Crippen molar-refractivity contribution in [3.8, 4) is 17.4 Å². The smallest absolute Gasteiger partial charge is 0.346 e. The number of halogens is 1. The Labute approximate surface area is 124 Å². The number of benzene rings is 1. The number of pyridine rings is 1. The van der Waals surface area contributed by atoms with Gasteiger partial charge in [-0.3, -0.25) is 0 Å². The molecule has 0 bridgehead atoms. The van der Waals surface area contributed by atoms with Crippen molar-refractivity contribution in [1.82, 2.24) is 4.98 Å². The third-order valence-corrected chi connectivity index (χ3v) is 3.20. The molecule has 0 saturated carbocycles. The summed E-state index contributed by atoms with van der Waals surface area (Å²) in [5.74, 6) is 0.633. The summed E-state index contributed by atoms with van der Waals surface area (Å²) in [7, 11) is 3.04. The van der Waals surface area contributed by atoms with E-state index in [1.165, 1.54) is 13.3 Å². The normalized spacial score (nSPS) is 9.95. The number of aromatic nitrogens is 1. The van der Waals surface area contributed by atoms with E-state index in [1.807, 2.05) is 0 Å². The Morgan fingerprint density at radius 1 is 1.20 bits per heavy atom. The summed E-state index contributed by atoms with van der Waals surface area (Å²) in [5.41, 5.74) is 0.374. The van der Waals surface area contributed by atoms with Crippen LogP contribution >= 0.6 is 15.9 Å². The molecule has 0 aliphatic rings. The van der Waals surface area contributed by atoms with E-state index in [-0.39, 0.29) is 5.88 Å². The molecule has 0 unspecified atom stereocenters. The van der Waals surface area contributed by atoms with Crippen molar-refractivity contribution < 1.29 is 19.0 Å². The SMILES string of the molecule is COc1ccc(C(=O)Oc2ncccc2OC)c(Br)c1. The van der Waals surface area contributed by atoms with Crippen LogP contribution < -0.4 is 14.2 Å². The Bertz CT molecular complexity index is 630. The molecule has 0 fully saturated rings. The molecule has 0 amide bonds. The first kappa shape index (κ1) is 14.3. The Morgan fingerprint density at radius 3 is 2.65 bits per heavy atom. The van der Waals surface area contributed by atoms with Gasteiger partial charge in [-0.1, -0.05) is 0 Å². The van der Waals surface area contributed by atoms with Crippen molar-refractivity contribution in [2.45, 2.75) is 0 Å². The van der Waals surface area contributed by atoms with Crippen molar-refractivity contribution in [2.75, 3.05) is 14.2 Å². The minimum Gasteiger partial charge on any atom is -0.497 e. The maximum absolute atomic E-state index is 12.1. The van der Waals surface area contributed by atoms with Gasteiger partial charge in [0.25, 0.3) is 5.88 Å². The molecule has 20 heavy (non-hydrogen) atoms. The molecule has 0 aliphatic carbocycles. The lowest BCUT2D eigenvalue weighted by Gasteiger charge is -2.09. The van der Waals surface area contributed by atoms with Gasteiger partial charge in [0.1, 0.15) is 5.75 Å². The lowest BCUT2D eigenvalue weighted by molar-refractivity contribution is 0.0721. The molecule has 5 nitrogen and oxygen atoms in total. The van der Waals surface area contributed by atoms with Gasteiger partial charge in [-0.15, -0.1) is 0 Å². The summed E-state index contributed by atoms with van der Waals surface area (Å²) in [6, 6.07) is 8.34. The molecule has 1 heterocycles. The monoisotopic (exact) mass is 337 g/mol. The van der Waals surface area contributed by atoms with Gasteiger partial charge < -0.3 is 14.2 Å². The van der Waals surface area contributed by atoms with Crippen molar-refractivity contribution in [2.24, 2.45) is 0 Å². The molecule has 1 aromatic carbocycles. The van der Waals surface area contributed by atoms with Gasteiger partial charge >= 0.3 is 5.97 Å². The topological polar surface area (TPSA) is 57.7 Å². The predicted octanol–water partition coefficient (Wildman–Crippen LogP) is 3.08. The molecular weight excluding hydrogens is 326 g/mol. The van der Waals surface area contributed by atoms with Gasteiger partial charge in [0, 0.05) is 10.7 Å². The van der Waals surface area contributed by atoms with Crippen LogP contribution in [0.3, 0.4) is 0 Å². The number of hydrogen-bond acceptors (Lipinski definition) is 5. The molecule has 0 spiro atoms. The first-order valence-electron chi connectivity index (χ1n) is 5.70. The summed E-state index contributed by atoms with van der Waals surface area (Å²) < 4.78 is 16.0. The zero-order chi connectivity index (χ0) is 14.5. The number of carbonyl (C=O) groups excluding carboxylic acids is 1. The number of methoxy groups -OCH3 is 2. The first-order chi connectivity index (χ1) is 9.65. The van der Waals surface area contributed by atoms with E-state index in [2.05, 4.69) is 20.9 Å². The number of esters is 1. The first-order valence-corrected chi connectivity index (χ1v) is 6.49. The largest absolute Gasteiger partial charge is 0.497 e. The highest BCUT2D eigenvalue weighted by Gasteiger charge is 2.16. The zero-order valence-electron chi connectivity index (χ0n) is 10.9. The van der Waals surface area contributed by atoms with Crippen LogP contribution in [0, 0.1) is 0 Å². The van der Waals surface area contributed by atoms with Crippen LogP contribution in [0.5, 0.6) is 17.4 Å².